The number of aromatic nitrogens is 4. The van der Waals surface area contributed by atoms with Crippen molar-refractivity contribution in [2.75, 3.05) is 5.32 Å². The van der Waals surface area contributed by atoms with Gasteiger partial charge in [-0.3, -0.25) is 9.59 Å². The summed E-state index contributed by atoms with van der Waals surface area (Å²) in [5, 5.41) is 12.2. The molecule has 0 aliphatic heterocycles. The number of thiazole rings is 1. The highest BCUT2D eigenvalue weighted by atomic mass is 32.1. The summed E-state index contributed by atoms with van der Waals surface area (Å²) in [7, 11) is 0. The molecule has 1 aliphatic rings. The lowest BCUT2D eigenvalue weighted by atomic mass is 9.72. The Morgan fingerprint density at radius 3 is 2.84 bits per heavy atom. The van der Waals surface area contributed by atoms with Crippen LogP contribution in [0.4, 0.5) is 5.13 Å². The summed E-state index contributed by atoms with van der Waals surface area (Å²) in [6.07, 6.45) is 2.90. The number of carbonyl (C=O) groups is 1. The number of rotatable bonds is 3. The van der Waals surface area contributed by atoms with Crippen LogP contribution in [0.2, 0.25) is 0 Å². The third-order valence-electron chi connectivity index (χ3n) is 6.00. The lowest BCUT2D eigenvalue weighted by Gasteiger charge is -2.33. The van der Waals surface area contributed by atoms with Crippen molar-refractivity contribution in [1.29, 1.82) is 0 Å². The number of nitrogens with one attached hydrogen (secondary N) is 1. The first-order valence-electron chi connectivity index (χ1n) is 10.3. The molecular weight excluding hydrogens is 430 g/mol. The molecule has 3 aromatic heterocycles. The van der Waals surface area contributed by atoms with Crippen molar-refractivity contribution in [2.45, 2.75) is 46.6 Å². The molecule has 0 saturated heterocycles. The highest BCUT2D eigenvalue weighted by Crippen LogP contribution is 2.41. The summed E-state index contributed by atoms with van der Waals surface area (Å²) in [6, 6.07) is 7.69. The van der Waals surface area contributed by atoms with Gasteiger partial charge in [0.25, 0.3) is 5.56 Å². The SMILES string of the molecule is CC(C)(C)[C@H]1CCc2c(sc3nnn(CC(=O)Nc4nc5ccccc5s4)c(=O)c23)C1. The zero-order chi connectivity index (χ0) is 21.8. The third-order valence-corrected chi connectivity index (χ3v) is 8.09. The van der Waals surface area contributed by atoms with Gasteiger partial charge in [-0.15, -0.1) is 16.4 Å². The van der Waals surface area contributed by atoms with E-state index in [-0.39, 0.29) is 23.4 Å². The zero-order valence-electron chi connectivity index (χ0n) is 17.6. The first kappa shape index (κ1) is 20.3. The smallest absolute Gasteiger partial charge is 0.279 e. The van der Waals surface area contributed by atoms with Gasteiger partial charge < -0.3 is 5.32 Å². The van der Waals surface area contributed by atoms with Crippen molar-refractivity contribution in [3.8, 4) is 0 Å². The summed E-state index contributed by atoms with van der Waals surface area (Å²) in [5.41, 5.74) is 1.93. The zero-order valence-corrected chi connectivity index (χ0v) is 19.3. The summed E-state index contributed by atoms with van der Waals surface area (Å²) in [6.45, 7) is 6.62. The molecule has 1 aliphatic carbocycles. The number of hydrogen-bond donors (Lipinski definition) is 1. The molecule has 3 heterocycles. The Hall–Kier alpha value is -2.65. The molecule has 0 saturated carbocycles. The Morgan fingerprint density at radius 1 is 1.26 bits per heavy atom. The molecule has 0 radical (unpaired) electrons. The van der Waals surface area contributed by atoms with Crippen LogP contribution in [0.3, 0.4) is 0 Å². The Labute approximate surface area is 187 Å². The number of para-hydroxylation sites is 1. The first-order valence-corrected chi connectivity index (χ1v) is 12.0. The Kier molecular flexibility index (Phi) is 4.90. The second-order valence-corrected chi connectivity index (χ2v) is 11.2. The molecule has 31 heavy (non-hydrogen) atoms. The third kappa shape index (κ3) is 3.76. The van der Waals surface area contributed by atoms with Gasteiger partial charge in [-0.05, 0) is 48.3 Å². The lowest BCUT2D eigenvalue weighted by Crippen LogP contribution is -2.31. The minimum absolute atomic E-state index is 0.188. The monoisotopic (exact) mass is 453 g/mol. The van der Waals surface area contributed by atoms with Crippen molar-refractivity contribution in [3.63, 3.8) is 0 Å². The van der Waals surface area contributed by atoms with Crippen LogP contribution in [0.25, 0.3) is 20.4 Å². The fraction of sp³-hybridized carbons (Fsp3) is 0.409. The van der Waals surface area contributed by atoms with Crippen LogP contribution in [0.5, 0.6) is 0 Å². The molecule has 1 amide bonds. The van der Waals surface area contributed by atoms with E-state index in [9.17, 15) is 9.59 Å². The second-order valence-electron chi connectivity index (χ2n) is 9.08. The van der Waals surface area contributed by atoms with E-state index >= 15 is 0 Å². The molecule has 1 aromatic carbocycles. The van der Waals surface area contributed by atoms with Crippen LogP contribution >= 0.6 is 22.7 Å². The van der Waals surface area contributed by atoms with Gasteiger partial charge in [0.1, 0.15) is 6.54 Å². The minimum atomic E-state index is -0.341. The van der Waals surface area contributed by atoms with E-state index in [0.717, 1.165) is 39.7 Å². The summed E-state index contributed by atoms with van der Waals surface area (Å²) in [5.74, 6) is 0.245. The van der Waals surface area contributed by atoms with Gasteiger partial charge in [0.15, 0.2) is 9.96 Å². The van der Waals surface area contributed by atoms with Crippen LogP contribution < -0.4 is 10.9 Å². The van der Waals surface area contributed by atoms with Crippen LogP contribution in [-0.4, -0.2) is 25.9 Å². The number of amides is 1. The summed E-state index contributed by atoms with van der Waals surface area (Å²) < 4.78 is 2.16. The molecule has 7 nitrogen and oxygen atoms in total. The van der Waals surface area contributed by atoms with E-state index in [1.54, 1.807) is 11.3 Å². The molecule has 1 atom stereocenters. The van der Waals surface area contributed by atoms with Crippen molar-refractivity contribution in [1.82, 2.24) is 20.0 Å². The van der Waals surface area contributed by atoms with Gasteiger partial charge in [-0.2, -0.15) is 0 Å². The highest BCUT2D eigenvalue weighted by molar-refractivity contribution is 7.22. The number of aryl methyl sites for hydroxylation is 1. The van der Waals surface area contributed by atoms with Gasteiger partial charge in [-0.1, -0.05) is 49.5 Å². The van der Waals surface area contributed by atoms with E-state index in [0.29, 0.717) is 21.3 Å². The van der Waals surface area contributed by atoms with E-state index in [1.165, 1.54) is 16.2 Å². The van der Waals surface area contributed by atoms with Crippen LogP contribution in [-0.2, 0) is 24.2 Å². The average Bonchev–Trinajstić information content (AvgIpc) is 3.29. The second kappa shape index (κ2) is 7.49. The van der Waals surface area contributed by atoms with Gasteiger partial charge in [0.05, 0.1) is 15.6 Å². The number of nitrogens with zero attached hydrogens (tertiary/aromatic N) is 4. The molecule has 0 bridgehead atoms. The normalized spacial score (nSPS) is 16.5. The molecule has 4 aromatic rings. The van der Waals surface area contributed by atoms with Crippen molar-refractivity contribution in [2.24, 2.45) is 11.3 Å². The van der Waals surface area contributed by atoms with Gasteiger partial charge in [0, 0.05) is 4.88 Å². The van der Waals surface area contributed by atoms with Crippen molar-refractivity contribution < 1.29 is 4.79 Å². The summed E-state index contributed by atoms with van der Waals surface area (Å²) >= 11 is 2.97. The molecule has 0 fully saturated rings. The molecule has 0 spiro atoms. The Morgan fingerprint density at radius 2 is 2.06 bits per heavy atom. The van der Waals surface area contributed by atoms with Crippen LogP contribution in [0.15, 0.2) is 29.1 Å². The molecule has 160 valence electrons. The molecule has 5 rings (SSSR count). The minimum Gasteiger partial charge on any atom is -0.300 e. The number of carbonyl (C=O) groups excluding carboxylic acids is 1. The molecule has 1 N–H and O–H groups in total. The predicted molar refractivity (Wildman–Crippen MR) is 125 cm³/mol. The maximum absolute atomic E-state index is 13.1. The number of anilines is 1. The number of fused-ring (bicyclic) bond motifs is 4. The van der Waals surface area contributed by atoms with Crippen molar-refractivity contribution in [3.05, 3.63) is 45.1 Å². The number of benzene rings is 1. The lowest BCUT2D eigenvalue weighted by molar-refractivity contribution is -0.117. The predicted octanol–water partition coefficient (Wildman–Crippen LogP) is 4.25. The molecule has 9 heteroatoms. The Bertz CT molecular complexity index is 1330. The van der Waals surface area contributed by atoms with Gasteiger partial charge in [0.2, 0.25) is 5.91 Å². The van der Waals surface area contributed by atoms with Crippen LogP contribution in [0.1, 0.15) is 37.6 Å². The fourth-order valence-corrected chi connectivity index (χ4v) is 6.31. The highest BCUT2D eigenvalue weighted by Gasteiger charge is 2.32. The van der Waals surface area contributed by atoms with E-state index in [4.69, 9.17) is 0 Å². The van der Waals surface area contributed by atoms with Gasteiger partial charge >= 0.3 is 0 Å². The van der Waals surface area contributed by atoms with Crippen LogP contribution in [0, 0.1) is 11.3 Å². The Balaban J connectivity index is 1.40. The van der Waals surface area contributed by atoms with Gasteiger partial charge in [-0.25, -0.2) is 9.67 Å². The average molecular weight is 454 g/mol. The molecular formula is C22H23N5O2S2. The topological polar surface area (TPSA) is 89.8 Å². The van der Waals surface area contributed by atoms with E-state index in [1.807, 2.05) is 24.3 Å². The summed E-state index contributed by atoms with van der Waals surface area (Å²) in [4.78, 5) is 32.0. The first-order chi connectivity index (χ1) is 14.8. The fourth-order valence-electron chi connectivity index (χ4n) is 4.19. The van der Waals surface area contributed by atoms with E-state index in [2.05, 4.69) is 41.4 Å². The number of hydrogen-bond acceptors (Lipinski definition) is 7. The largest absolute Gasteiger partial charge is 0.300 e. The quantitative estimate of drug-likeness (QED) is 0.501. The standard InChI is InChI=1S/C22H23N5O2S2/c1-22(2,3)12-8-9-13-16(10-12)30-19-18(13)20(29)27(26-25-19)11-17(28)24-21-23-14-6-4-5-7-15(14)31-21/h4-7,12H,8-11H2,1-3H3,(H,23,24,28)/t12-/m0/s1. The maximum atomic E-state index is 13.1. The van der Waals surface area contributed by atoms with Crippen molar-refractivity contribution >= 4 is 54.1 Å². The molecule has 0 unspecified atom stereocenters. The maximum Gasteiger partial charge on any atom is 0.279 e. The van der Waals surface area contributed by atoms with E-state index < -0.39 is 0 Å². The number of thiophene rings is 1.